The van der Waals surface area contributed by atoms with E-state index in [1.807, 2.05) is 0 Å². The first kappa shape index (κ1) is 10.5. The van der Waals surface area contributed by atoms with E-state index in [0.717, 1.165) is 12.0 Å². The molecule has 2 fully saturated rings. The summed E-state index contributed by atoms with van der Waals surface area (Å²) in [6, 6.07) is 0.938. The van der Waals surface area contributed by atoms with Crippen LogP contribution in [0, 0.1) is 5.92 Å². The highest BCUT2D eigenvalue weighted by molar-refractivity contribution is 4.68. The van der Waals surface area contributed by atoms with Crippen molar-refractivity contribution in [3.05, 3.63) is 0 Å². The van der Waals surface area contributed by atoms with Crippen molar-refractivity contribution in [3.8, 4) is 0 Å². The van der Waals surface area contributed by atoms with Crippen LogP contribution in [-0.4, -0.2) is 30.2 Å². The minimum Gasteiger partial charge on any atom is -0.321 e. The summed E-state index contributed by atoms with van der Waals surface area (Å²) in [5.41, 5.74) is 0. The molecule has 2 rings (SSSR count). The summed E-state index contributed by atoms with van der Waals surface area (Å²) < 4.78 is 1.48. The second kappa shape index (κ2) is 4.22. The third-order valence-electron chi connectivity index (χ3n) is 4.69. The zero-order valence-corrected chi connectivity index (χ0v) is 9.97. The molecule has 0 aromatic heterocycles. The maximum absolute atomic E-state index is 2.51. The van der Waals surface area contributed by atoms with E-state index in [2.05, 4.69) is 13.8 Å². The molecular weight excluding hydrogens is 170 g/mol. The van der Waals surface area contributed by atoms with Gasteiger partial charge in [-0.3, -0.25) is 0 Å². The van der Waals surface area contributed by atoms with Crippen LogP contribution in [0.4, 0.5) is 0 Å². The van der Waals surface area contributed by atoms with Gasteiger partial charge in [0.1, 0.15) is 0 Å². The molecule has 14 heavy (non-hydrogen) atoms. The Kier molecular flexibility index (Phi) is 3.16. The van der Waals surface area contributed by atoms with Crippen molar-refractivity contribution in [2.45, 2.75) is 58.4 Å². The fourth-order valence-electron chi connectivity index (χ4n) is 3.71. The Balaban J connectivity index is 2.07. The van der Waals surface area contributed by atoms with Gasteiger partial charge in [-0.25, -0.2) is 0 Å². The van der Waals surface area contributed by atoms with Gasteiger partial charge < -0.3 is 4.48 Å². The first-order valence-corrected chi connectivity index (χ1v) is 6.59. The normalized spacial score (nSPS) is 38.1. The van der Waals surface area contributed by atoms with Crippen molar-refractivity contribution in [1.82, 2.24) is 0 Å². The summed E-state index contributed by atoms with van der Waals surface area (Å²) in [5, 5.41) is 0. The van der Waals surface area contributed by atoms with Crippen LogP contribution in [0.2, 0.25) is 0 Å². The molecule has 0 aromatic carbocycles. The molecule has 1 heteroatoms. The minimum atomic E-state index is 0.938. The molecule has 2 heterocycles. The predicted molar refractivity (Wildman–Crippen MR) is 61.2 cm³/mol. The molecule has 2 aliphatic rings. The lowest BCUT2D eigenvalue weighted by molar-refractivity contribution is -0.953. The Bertz CT molecular complexity index is 182. The summed E-state index contributed by atoms with van der Waals surface area (Å²) in [5.74, 6) is 0.976. The summed E-state index contributed by atoms with van der Waals surface area (Å²) in [7, 11) is 0. The highest BCUT2D eigenvalue weighted by Gasteiger charge is 2.37. The third kappa shape index (κ3) is 1.98. The minimum absolute atomic E-state index is 0.938. The molecular formula is C13H26N+. The number of nitrogens with zero attached hydrogens (tertiary/aromatic N) is 1. The van der Waals surface area contributed by atoms with Crippen LogP contribution in [-0.2, 0) is 0 Å². The summed E-state index contributed by atoms with van der Waals surface area (Å²) in [6.45, 7) is 9.39. The highest BCUT2D eigenvalue weighted by Crippen LogP contribution is 2.31. The molecule has 0 amide bonds. The maximum atomic E-state index is 2.51. The van der Waals surface area contributed by atoms with Crippen LogP contribution >= 0.6 is 0 Å². The van der Waals surface area contributed by atoms with Gasteiger partial charge in [0.25, 0.3) is 0 Å². The Morgan fingerprint density at radius 3 is 2.21 bits per heavy atom. The van der Waals surface area contributed by atoms with Gasteiger partial charge in [0.05, 0.1) is 25.7 Å². The first-order valence-electron chi connectivity index (χ1n) is 6.59. The molecule has 2 saturated heterocycles. The Hall–Kier alpha value is -0.0400. The molecule has 1 nitrogen and oxygen atoms in total. The van der Waals surface area contributed by atoms with Crippen molar-refractivity contribution in [2.24, 2.45) is 5.92 Å². The summed E-state index contributed by atoms with van der Waals surface area (Å²) >= 11 is 0. The van der Waals surface area contributed by atoms with E-state index >= 15 is 0 Å². The molecule has 2 atom stereocenters. The lowest BCUT2D eigenvalue weighted by Crippen LogP contribution is -2.56. The van der Waals surface area contributed by atoms with Crippen LogP contribution in [0.5, 0.6) is 0 Å². The van der Waals surface area contributed by atoms with Crippen molar-refractivity contribution < 1.29 is 4.48 Å². The maximum Gasteiger partial charge on any atom is 0.0864 e. The van der Waals surface area contributed by atoms with Gasteiger partial charge >= 0.3 is 0 Å². The molecule has 0 bridgehead atoms. The van der Waals surface area contributed by atoms with E-state index in [1.165, 1.54) is 62.6 Å². The lowest BCUT2D eigenvalue weighted by atomic mass is 9.98. The molecule has 0 saturated carbocycles. The second-order valence-corrected chi connectivity index (χ2v) is 5.78. The Morgan fingerprint density at radius 2 is 1.50 bits per heavy atom. The number of hydrogen-bond donors (Lipinski definition) is 0. The molecule has 2 unspecified atom stereocenters. The molecule has 0 radical (unpaired) electrons. The van der Waals surface area contributed by atoms with E-state index in [-0.39, 0.29) is 0 Å². The topological polar surface area (TPSA) is 0 Å². The summed E-state index contributed by atoms with van der Waals surface area (Å²) in [6.07, 6.45) is 8.88. The van der Waals surface area contributed by atoms with Crippen molar-refractivity contribution in [3.63, 3.8) is 0 Å². The molecule has 0 N–H and O–H groups in total. The monoisotopic (exact) mass is 196 g/mol. The average Bonchev–Trinajstić information content (AvgIpc) is 2.30. The van der Waals surface area contributed by atoms with Gasteiger partial charge in [0, 0.05) is 6.42 Å². The summed E-state index contributed by atoms with van der Waals surface area (Å²) in [4.78, 5) is 0. The zero-order chi connectivity index (χ0) is 10.0. The van der Waals surface area contributed by atoms with Gasteiger partial charge in [0.2, 0.25) is 0 Å². The van der Waals surface area contributed by atoms with Gasteiger partial charge in [0.15, 0.2) is 0 Å². The van der Waals surface area contributed by atoms with E-state index in [9.17, 15) is 0 Å². The van der Waals surface area contributed by atoms with Crippen LogP contribution in [0.3, 0.4) is 0 Å². The number of rotatable bonds is 0. The number of quaternary nitrogens is 1. The lowest BCUT2D eigenvalue weighted by Gasteiger charge is -2.45. The Labute approximate surface area is 89.1 Å². The third-order valence-corrected chi connectivity index (χ3v) is 4.69. The highest BCUT2D eigenvalue weighted by atomic mass is 15.4. The zero-order valence-electron chi connectivity index (χ0n) is 9.97. The van der Waals surface area contributed by atoms with Gasteiger partial charge in [-0.2, -0.15) is 0 Å². The molecule has 0 aromatic rings. The average molecular weight is 196 g/mol. The Morgan fingerprint density at radius 1 is 0.857 bits per heavy atom. The van der Waals surface area contributed by atoms with Crippen molar-refractivity contribution >= 4 is 0 Å². The standard InChI is InChI=1S/C13H26N/c1-12-7-6-10-14(13(2)11-12)8-4-3-5-9-14/h12-13H,3-11H2,1-2H3/q+1. The first-order chi connectivity index (χ1) is 6.73. The SMILES string of the molecule is CC1CCC[N+]2(CCCCC2)C(C)C1. The van der Waals surface area contributed by atoms with Crippen molar-refractivity contribution in [1.29, 1.82) is 0 Å². The number of hydrogen-bond acceptors (Lipinski definition) is 0. The van der Waals surface area contributed by atoms with E-state index in [0.29, 0.717) is 0 Å². The van der Waals surface area contributed by atoms with E-state index in [4.69, 9.17) is 0 Å². The largest absolute Gasteiger partial charge is 0.321 e. The predicted octanol–water partition coefficient (Wildman–Crippen LogP) is 3.20. The van der Waals surface area contributed by atoms with Crippen LogP contribution < -0.4 is 0 Å². The van der Waals surface area contributed by atoms with Gasteiger partial charge in [-0.1, -0.05) is 6.92 Å². The second-order valence-electron chi connectivity index (χ2n) is 5.78. The van der Waals surface area contributed by atoms with Crippen LogP contribution in [0.15, 0.2) is 0 Å². The van der Waals surface area contributed by atoms with Gasteiger partial charge in [-0.15, -0.1) is 0 Å². The smallest absolute Gasteiger partial charge is 0.0864 e. The van der Waals surface area contributed by atoms with Crippen LogP contribution in [0.1, 0.15) is 52.4 Å². The molecule has 0 aliphatic carbocycles. The van der Waals surface area contributed by atoms with E-state index in [1.54, 1.807) is 0 Å². The fourth-order valence-corrected chi connectivity index (χ4v) is 3.71. The van der Waals surface area contributed by atoms with Crippen molar-refractivity contribution in [2.75, 3.05) is 19.6 Å². The van der Waals surface area contributed by atoms with E-state index < -0.39 is 0 Å². The fraction of sp³-hybridized carbons (Fsp3) is 1.00. The molecule has 2 aliphatic heterocycles. The van der Waals surface area contributed by atoms with Gasteiger partial charge in [-0.05, 0) is 44.9 Å². The van der Waals surface area contributed by atoms with Crippen LogP contribution in [0.25, 0.3) is 0 Å². The molecule has 82 valence electrons. The number of piperidine rings is 1. The molecule has 1 spiro atoms. The quantitative estimate of drug-likeness (QED) is 0.522.